The van der Waals surface area contributed by atoms with Crippen molar-refractivity contribution >= 4 is 5.91 Å². The van der Waals surface area contributed by atoms with Gasteiger partial charge in [-0.2, -0.15) is 0 Å². The topological polar surface area (TPSA) is 38.3 Å². The van der Waals surface area contributed by atoms with Gasteiger partial charge in [0.05, 0.1) is 6.61 Å². The molecule has 0 heterocycles. The molecule has 0 aromatic heterocycles. The fourth-order valence-electron chi connectivity index (χ4n) is 3.03. The molecule has 1 N–H and O–H groups in total. The zero-order chi connectivity index (χ0) is 13.5. The predicted octanol–water partition coefficient (Wildman–Crippen LogP) is 2.85. The first-order valence-corrected chi connectivity index (χ1v) is 7.41. The third-order valence-corrected chi connectivity index (χ3v) is 4.11. The molecule has 1 amide bonds. The molecule has 1 aliphatic rings. The molecular weight excluding hydrogens is 226 g/mol. The molecule has 1 fully saturated rings. The zero-order valence-electron chi connectivity index (χ0n) is 12.4. The second kappa shape index (κ2) is 7.78. The van der Waals surface area contributed by atoms with Crippen LogP contribution in [0.25, 0.3) is 0 Å². The van der Waals surface area contributed by atoms with Crippen LogP contribution in [0.15, 0.2) is 0 Å². The second-order valence-electron chi connectivity index (χ2n) is 5.92. The molecule has 3 nitrogen and oxygen atoms in total. The van der Waals surface area contributed by atoms with Crippen molar-refractivity contribution in [3.05, 3.63) is 0 Å². The van der Waals surface area contributed by atoms with E-state index in [0.717, 1.165) is 6.42 Å². The molecule has 1 rings (SSSR count). The van der Waals surface area contributed by atoms with Crippen LogP contribution in [0.2, 0.25) is 0 Å². The third kappa shape index (κ3) is 4.60. The van der Waals surface area contributed by atoms with E-state index in [1.54, 1.807) is 0 Å². The van der Waals surface area contributed by atoms with Crippen molar-refractivity contribution in [1.82, 2.24) is 5.32 Å². The van der Waals surface area contributed by atoms with Gasteiger partial charge in [-0.15, -0.1) is 0 Å². The van der Waals surface area contributed by atoms with E-state index in [9.17, 15) is 4.79 Å². The van der Waals surface area contributed by atoms with Crippen LogP contribution in [0.5, 0.6) is 0 Å². The van der Waals surface area contributed by atoms with Gasteiger partial charge in [0.2, 0.25) is 5.91 Å². The molecule has 18 heavy (non-hydrogen) atoms. The average Bonchev–Trinajstić information content (AvgIpc) is 2.34. The van der Waals surface area contributed by atoms with Crippen LogP contribution in [-0.2, 0) is 9.53 Å². The molecule has 0 spiro atoms. The summed E-state index contributed by atoms with van der Waals surface area (Å²) in [5, 5.41) is 3.03. The summed E-state index contributed by atoms with van der Waals surface area (Å²) in [5.41, 5.74) is 0. The van der Waals surface area contributed by atoms with Gasteiger partial charge < -0.3 is 10.1 Å². The molecule has 3 atom stereocenters. The lowest BCUT2D eigenvalue weighted by atomic mass is 9.70. The number of amides is 1. The lowest BCUT2D eigenvalue weighted by molar-refractivity contribution is -0.129. The molecule has 1 saturated carbocycles. The van der Waals surface area contributed by atoms with Gasteiger partial charge in [-0.25, -0.2) is 0 Å². The molecule has 3 heteroatoms. The lowest BCUT2D eigenvalue weighted by Crippen LogP contribution is -2.41. The maximum Gasteiger partial charge on any atom is 0.223 e. The van der Waals surface area contributed by atoms with Crippen LogP contribution < -0.4 is 5.32 Å². The molecule has 0 saturated heterocycles. The molecule has 0 aliphatic heterocycles. The summed E-state index contributed by atoms with van der Waals surface area (Å²) < 4.78 is 5.25. The first kappa shape index (κ1) is 15.5. The highest BCUT2D eigenvalue weighted by molar-refractivity contribution is 5.79. The van der Waals surface area contributed by atoms with Gasteiger partial charge in [0.1, 0.15) is 0 Å². The Balaban J connectivity index is 2.45. The molecular formula is C15H29NO2. The van der Waals surface area contributed by atoms with Crippen molar-refractivity contribution in [1.29, 1.82) is 0 Å². The van der Waals surface area contributed by atoms with Crippen LogP contribution in [0.4, 0.5) is 0 Å². The van der Waals surface area contributed by atoms with Crippen LogP contribution in [0.3, 0.4) is 0 Å². The fourth-order valence-corrected chi connectivity index (χ4v) is 3.03. The number of hydrogen-bond donors (Lipinski definition) is 1. The zero-order valence-corrected chi connectivity index (χ0v) is 12.4. The summed E-state index contributed by atoms with van der Waals surface area (Å²) >= 11 is 0. The molecule has 1 unspecified atom stereocenters. The van der Waals surface area contributed by atoms with E-state index < -0.39 is 0 Å². The van der Waals surface area contributed by atoms with E-state index in [-0.39, 0.29) is 11.8 Å². The quantitative estimate of drug-likeness (QED) is 0.741. The summed E-state index contributed by atoms with van der Waals surface area (Å²) in [7, 11) is 0. The highest BCUT2D eigenvalue weighted by atomic mass is 16.5. The maximum atomic E-state index is 12.3. The van der Waals surface area contributed by atoms with Gasteiger partial charge in [-0.1, -0.05) is 27.2 Å². The Kier molecular flexibility index (Phi) is 6.69. The molecule has 0 aromatic rings. The highest BCUT2D eigenvalue weighted by Gasteiger charge is 2.35. The first-order chi connectivity index (χ1) is 8.56. The van der Waals surface area contributed by atoms with E-state index in [1.165, 1.54) is 12.8 Å². The van der Waals surface area contributed by atoms with Gasteiger partial charge in [-0.3, -0.25) is 4.79 Å². The monoisotopic (exact) mass is 255 g/mol. The second-order valence-corrected chi connectivity index (χ2v) is 5.92. The third-order valence-electron chi connectivity index (χ3n) is 4.11. The number of carbonyl (C=O) groups is 1. The number of carbonyl (C=O) groups excluding carboxylic acids is 1. The highest BCUT2D eigenvalue weighted by Crippen LogP contribution is 2.37. The van der Waals surface area contributed by atoms with Gasteiger partial charge in [0, 0.05) is 19.1 Å². The van der Waals surface area contributed by atoms with E-state index in [0.29, 0.717) is 37.5 Å². The minimum atomic E-state index is 0.204. The summed E-state index contributed by atoms with van der Waals surface area (Å²) in [4.78, 5) is 12.3. The van der Waals surface area contributed by atoms with Crippen molar-refractivity contribution in [2.24, 2.45) is 23.7 Å². The van der Waals surface area contributed by atoms with Crippen LogP contribution in [0.1, 0.15) is 47.0 Å². The minimum Gasteiger partial charge on any atom is -0.380 e. The van der Waals surface area contributed by atoms with Crippen molar-refractivity contribution < 1.29 is 9.53 Å². The van der Waals surface area contributed by atoms with Crippen molar-refractivity contribution in [2.75, 3.05) is 19.8 Å². The van der Waals surface area contributed by atoms with Crippen LogP contribution in [0, 0.1) is 23.7 Å². The molecule has 1 aliphatic carbocycles. The Morgan fingerprint density at radius 2 is 2.11 bits per heavy atom. The predicted molar refractivity (Wildman–Crippen MR) is 74.3 cm³/mol. The van der Waals surface area contributed by atoms with Gasteiger partial charge in [-0.05, 0) is 37.5 Å². The Bertz CT molecular complexity index is 253. The molecule has 0 bridgehead atoms. The van der Waals surface area contributed by atoms with Crippen LogP contribution >= 0.6 is 0 Å². The number of rotatable bonds is 6. The average molecular weight is 255 g/mol. The standard InChI is InChI=1S/C15H29NO2/c1-5-18-9-8-16-15(17)14-10-12(4)6-7-13(14)11(2)3/h11-14H,5-10H2,1-4H3,(H,16,17)/t12-,13+,14?/m1/s1. The smallest absolute Gasteiger partial charge is 0.223 e. The van der Waals surface area contributed by atoms with Gasteiger partial charge in [0.25, 0.3) is 0 Å². The van der Waals surface area contributed by atoms with E-state index in [4.69, 9.17) is 4.74 Å². The lowest BCUT2D eigenvalue weighted by Gasteiger charge is -2.36. The van der Waals surface area contributed by atoms with Crippen LogP contribution in [-0.4, -0.2) is 25.7 Å². The van der Waals surface area contributed by atoms with Crippen molar-refractivity contribution in [3.63, 3.8) is 0 Å². The normalized spacial score (nSPS) is 28.4. The fraction of sp³-hybridized carbons (Fsp3) is 0.933. The summed E-state index contributed by atoms with van der Waals surface area (Å²) in [6, 6.07) is 0. The Labute approximate surface area is 112 Å². The van der Waals surface area contributed by atoms with E-state index in [1.807, 2.05) is 6.92 Å². The maximum absolute atomic E-state index is 12.3. The van der Waals surface area contributed by atoms with E-state index >= 15 is 0 Å². The van der Waals surface area contributed by atoms with Crippen molar-refractivity contribution in [3.8, 4) is 0 Å². The number of ether oxygens (including phenoxy) is 1. The number of hydrogen-bond acceptors (Lipinski definition) is 2. The summed E-state index contributed by atoms with van der Waals surface area (Å²) in [6.45, 7) is 10.7. The Hall–Kier alpha value is -0.570. The first-order valence-electron chi connectivity index (χ1n) is 7.41. The molecule has 106 valence electrons. The summed E-state index contributed by atoms with van der Waals surface area (Å²) in [5.74, 6) is 2.27. The molecule has 0 aromatic carbocycles. The van der Waals surface area contributed by atoms with Gasteiger partial charge in [0.15, 0.2) is 0 Å². The van der Waals surface area contributed by atoms with E-state index in [2.05, 4.69) is 26.1 Å². The Morgan fingerprint density at radius 3 is 2.72 bits per heavy atom. The SMILES string of the molecule is CCOCCNC(=O)C1C[C@H](C)CC[C@H]1C(C)C. The largest absolute Gasteiger partial charge is 0.380 e. The molecule has 0 radical (unpaired) electrons. The Morgan fingerprint density at radius 1 is 1.39 bits per heavy atom. The van der Waals surface area contributed by atoms with Crippen molar-refractivity contribution in [2.45, 2.75) is 47.0 Å². The summed E-state index contributed by atoms with van der Waals surface area (Å²) in [6.07, 6.45) is 3.51. The number of nitrogens with one attached hydrogen (secondary N) is 1. The minimum absolute atomic E-state index is 0.204. The van der Waals surface area contributed by atoms with Gasteiger partial charge >= 0.3 is 0 Å².